The van der Waals surface area contributed by atoms with Gasteiger partial charge < -0.3 is 25.6 Å². The van der Waals surface area contributed by atoms with Crippen LogP contribution >= 0.6 is 11.3 Å². The molecule has 2 aliphatic rings. The van der Waals surface area contributed by atoms with E-state index in [2.05, 4.69) is 39.6 Å². The van der Waals surface area contributed by atoms with Crippen molar-refractivity contribution < 1.29 is 19.1 Å². The minimum atomic E-state index is -0.267. The number of thiophene rings is 1. The van der Waals surface area contributed by atoms with Gasteiger partial charge in [-0.2, -0.15) is 0 Å². The highest BCUT2D eigenvalue weighted by Crippen LogP contribution is 2.39. The number of anilines is 4. The number of rotatable bonds is 11. The standard InChI is InChI=1S/C38H43N5O4S/c1-3-43(4-2)31-18-16-30(17-19-31)39-35(44)27-12-14-29(15-13-27)40-37(46)34-32-10-5-6-11-33(32)48-38(34)41-36(45)28-9-7-8-26(24-28)25-42-20-22-47-23-21-42/h7-9,12-19,24H,3-6,10-11,20-23,25H2,1-2H3,(H,39,44)(H,40,46)(H,41,45). The molecule has 48 heavy (non-hydrogen) atoms. The van der Waals surface area contributed by atoms with Crippen molar-refractivity contribution in [2.75, 3.05) is 60.2 Å². The van der Waals surface area contributed by atoms with E-state index >= 15 is 0 Å². The largest absolute Gasteiger partial charge is 0.379 e. The van der Waals surface area contributed by atoms with Crippen LogP contribution in [0.25, 0.3) is 0 Å². The first-order valence-electron chi connectivity index (χ1n) is 16.8. The first-order chi connectivity index (χ1) is 23.4. The zero-order chi connectivity index (χ0) is 33.5. The predicted molar refractivity (Wildman–Crippen MR) is 194 cm³/mol. The van der Waals surface area contributed by atoms with E-state index in [-0.39, 0.29) is 17.7 Å². The fraction of sp³-hybridized carbons (Fsp3) is 0.342. The maximum absolute atomic E-state index is 13.8. The van der Waals surface area contributed by atoms with Crippen LogP contribution in [0.15, 0.2) is 72.8 Å². The van der Waals surface area contributed by atoms with E-state index in [1.165, 1.54) is 11.3 Å². The number of nitrogens with one attached hydrogen (secondary N) is 3. The smallest absolute Gasteiger partial charge is 0.258 e. The van der Waals surface area contributed by atoms with Gasteiger partial charge in [0.05, 0.1) is 18.8 Å². The lowest BCUT2D eigenvalue weighted by atomic mass is 9.95. The van der Waals surface area contributed by atoms with Gasteiger partial charge in [-0.3, -0.25) is 19.3 Å². The molecule has 0 bridgehead atoms. The molecule has 0 radical (unpaired) electrons. The molecule has 1 aliphatic heterocycles. The number of fused-ring (bicyclic) bond motifs is 1. The fourth-order valence-corrected chi connectivity index (χ4v) is 7.63. The molecule has 0 saturated carbocycles. The van der Waals surface area contributed by atoms with Crippen LogP contribution in [-0.4, -0.2) is 62.0 Å². The van der Waals surface area contributed by atoms with Crippen molar-refractivity contribution in [3.8, 4) is 0 Å². The molecule has 3 aromatic carbocycles. The lowest BCUT2D eigenvalue weighted by Gasteiger charge is -2.26. The molecule has 6 rings (SSSR count). The van der Waals surface area contributed by atoms with Crippen LogP contribution < -0.4 is 20.9 Å². The van der Waals surface area contributed by atoms with Gasteiger partial charge in [-0.1, -0.05) is 12.1 Å². The van der Waals surface area contributed by atoms with Crippen molar-refractivity contribution in [2.45, 2.75) is 46.1 Å². The molecule has 2 heterocycles. The zero-order valence-electron chi connectivity index (χ0n) is 27.6. The van der Waals surface area contributed by atoms with Gasteiger partial charge in [0.15, 0.2) is 0 Å². The highest BCUT2D eigenvalue weighted by molar-refractivity contribution is 7.17. The first kappa shape index (κ1) is 33.4. The summed E-state index contributed by atoms with van der Waals surface area (Å²) in [5.74, 6) is -0.727. The van der Waals surface area contributed by atoms with Crippen LogP contribution in [0.2, 0.25) is 0 Å². The summed E-state index contributed by atoms with van der Waals surface area (Å²) in [6.45, 7) is 10.0. The molecule has 3 N–H and O–H groups in total. The second-order valence-corrected chi connectivity index (χ2v) is 13.3. The molecule has 0 spiro atoms. The number of carbonyl (C=O) groups excluding carboxylic acids is 3. The number of aryl methyl sites for hydroxylation is 1. The summed E-state index contributed by atoms with van der Waals surface area (Å²) in [4.78, 5) is 46.0. The molecule has 10 heteroatoms. The SMILES string of the molecule is CCN(CC)c1ccc(NC(=O)c2ccc(NC(=O)c3c(NC(=O)c4cccc(CN5CCOCC5)c4)sc4c3CCCC4)cc2)cc1. The Morgan fingerprint density at radius 2 is 1.42 bits per heavy atom. The van der Waals surface area contributed by atoms with Gasteiger partial charge in [-0.15, -0.1) is 11.3 Å². The predicted octanol–water partition coefficient (Wildman–Crippen LogP) is 7.06. The summed E-state index contributed by atoms with van der Waals surface area (Å²) in [5.41, 5.74) is 6.06. The lowest BCUT2D eigenvalue weighted by Crippen LogP contribution is -2.35. The maximum atomic E-state index is 13.8. The Morgan fingerprint density at radius 1 is 0.771 bits per heavy atom. The van der Waals surface area contributed by atoms with Gasteiger partial charge in [0.1, 0.15) is 5.00 Å². The average molecular weight is 666 g/mol. The molecule has 0 atom stereocenters. The van der Waals surface area contributed by atoms with Crippen LogP contribution in [-0.2, 0) is 24.1 Å². The van der Waals surface area contributed by atoms with Gasteiger partial charge in [-0.25, -0.2) is 0 Å². The summed E-state index contributed by atoms with van der Waals surface area (Å²) in [6, 6.07) is 22.4. The second kappa shape index (κ2) is 15.6. The molecule has 4 aromatic rings. The third-order valence-corrected chi connectivity index (χ3v) is 10.2. The molecule has 9 nitrogen and oxygen atoms in total. The molecule has 1 saturated heterocycles. The molecule has 0 unspecified atom stereocenters. The number of benzene rings is 3. The van der Waals surface area contributed by atoms with Crippen molar-refractivity contribution in [2.24, 2.45) is 0 Å². The van der Waals surface area contributed by atoms with E-state index in [1.807, 2.05) is 48.5 Å². The quantitative estimate of drug-likeness (QED) is 0.159. The Kier molecular flexibility index (Phi) is 10.8. The fourth-order valence-electron chi connectivity index (χ4n) is 6.34. The molecule has 3 amide bonds. The monoisotopic (exact) mass is 665 g/mol. The van der Waals surface area contributed by atoms with E-state index in [0.29, 0.717) is 33.1 Å². The van der Waals surface area contributed by atoms with E-state index < -0.39 is 0 Å². The number of nitrogens with zero attached hydrogens (tertiary/aromatic N) is 2. The van der Waals surface area contributed by atoms with Crippen LogP contribution in [0.5, 0.6) is 0 Å². The molecule has 1 fully saturated rings. The summed E-state index contributed by atoms with van der Waals surface area (Å²) in [7, 11) is 0. The summed E-state index contributed by atoms with van der Waals surface area (Å²) in [6.07, 6.45) is 3.76. The Hall–Kier alpha value is -4.51. The highest BCUT2D eigenvalue weighted by atomic mass is 32.1. The number of morpholine rings is 1. The van der Waals surface area contributed by atoms with E-state index in [1.54, 1.807) is 24.3 Å². The molecule has 250 valence electrons. The van der Waals surface area contributed by atoms with Crippen LogP contribution in [0, 0.1) is 0 Å². The maximum Gasteiger partial charge on any atom is 0.258 e. The topological polar surface area (TPSA) is 103 Å². The third kappa shape index (κ3) is 7.95. The van der Waals surface area contributed by atoms with Gasteiger partial charge >= 0.3 is 0 Å². The number of ether oxygens (including phenoxy) is 1. The van der Waals surface area contributed by atoms with Crippen molar-refractivity contribution in [3.63, 3.8) is 0 Å². The van der Waals surface area contributed by atoms with E-state index in [0.717, 1.165) is 93.3 Å². The minimum Gasteiger partial charge on any atom is -0.379 e. The van der Waals surface area contributed by atoms with Crippen LogP contribution in [0.1, 0.15) is 73.8 Å². The number of amides is 3. The lowest BCUT2D eigenvalue weighted by molar-refractivity contribution is 0.0342. The number of carbonyl (C=O) groups is 3. The zero-order valence-corrected chi connectivity index (χ0v) is 28.5. The summed E-state index contributed by atoms with van der Waals surface area (Å²) in [5, 5.41) is 9.61. The average Bonchev–Trinajstić information content (AvgIpc) is 3.48. The normalized spacial score (nSPS) is 14.5. The summed E-state index contributed by atoms with van der Waals surface area (Å²) < 4.78 is 5.46. The first-order valence-corrected chi connectivity index (χ1v) is 17.7. The Morgan fingerprint density at radius 3 is 2.12 bits per heavy atom. The van der Waals surface area contributed by atoms with Crippen LogP contribution in [0.3, 0.4) is 0 Å². The number of hydrogen-bond acceptors (Lipinski definition) is 7. The van der Waals surface area contributed by atoms with Gasteiger partial charge in [0.25, 0.3) is 17.7 Å². The molecule has 1 aromatic heterocycles. The van der Waals surface area contributed by atoms with Gasteiger partial charge in [0.2, 0.25) is 0 Å². The Labute approximate surface area is 286 Å². The highest BCUT2D eigenvalue weighted by Gasteiger charge is 2.27. The Balaban J connectivity index is 1.12. The van der Waals surface area contributed by atoms with Crippen molar-refractivity contribution in [1.82, 2.24) is 4.90 Å². The van der Waals surface area contributed by atoms with Crippen molar-refractivity contribution in [3.05, 3.63) is 105 Å². The van der Waals surface area contributed by atoms with E-state index in [4.69, 9.17) is 4.74 Å². The van der Waals surface area contributed by atoms with Gasteiger partial charge in [0, 0.05) is 65.8 Å². The number of hydrogen-bond donors (Lipinski definition) is 3. The molecular weight excluding hydrogens is 623 g/mol. The van der Waals surface area contributed by atoms with Gasteiger partial charge in [-0.05, 0) is 111 Å². The third-order valence-electron chi connectivity index (χ3n) is 8.98. The minimum absolute atomic E-state index is 0.227. The van der Waals surface area contributed by atoms with Crippen molar-refractivity contribution >= 4 is 51.1 Å². The van der Waals surface area contributed by atoms with Crippen molar-refractivity contribution in [1.29, 1.82) is 0 Å². The second-order valence-electron chi connectivity index (χ2n) is 12.2. The molecule has 1 aliphatic carbocycles. The summed E-state index contributed by atoms with van der Waals surface area (Å²) >= 11 is 1.50. The molecular formula is C38H43N5O4S. The van der Waals surface area contributed by atoms with Crippen LogP contribution in [0.4, 0.5) is 22.1 Å². The Bertz CT molecular complexity index is 1740. The van der Waals surface area contributed by atoms with E-state index in [9.17, 15) is 14.4 Å².